The smallest absolute Gasteiger partial charge is 0.244 e. The third-order valence-electron chi connectivity index (χ3n) is 3.35. The van der Waals surface area contributed by atoms with Crippen molar-refractivity contribution in [1.29, 1.82) is 0 Å². The first-order valence-electron chi connectivity index (χ1n) is 7.62. The Balaban J connectivity index is 1.74. The summed E-state index contributed by atoms with van der Waals surface area (Å²) in [7, 11) is 1.61. The molecule has 2 aromatic rings. The Morgan fingerprint density at radius 2 is 1.76 bits per heavy atom. The fraction of sp³-hybridized carbons (Fsp3) is 0.222. The normalized spacial score (nSPS) is 10.4. The van der Waals surface area contributed by atoms with Gasteiger partial charge in [-0.2, -0.15) is 0 Å². The van der Waals surface area contributed by atoms with E-state index in [1.165, 1.54) is 4.90 Å². The lowest BCUT2D eigenvalue weighted by Crippen LogP contribution is -2.35. The minimum Gasteiger partial charge on any atom is -0.336 e. The molecule has 0 saturated carbocycles. The van der Waals surface area contributed by atoms with Crippen LogP contribution in [0.15, 0.2) is 53.4 Å². The number of hydrogen-bond donors (Lipinski definition) is 1. The molecule has 0 aliphatic rings. The van der Waals surface area contributed by atoms with Crippen LogP contribution in [0, 0.1) is 0 Å². The quantitative estimate of drug-likeness (QED) is 0.697. The predicted octanol–water partition coefficient (Wildman–Crippen LogP) is 4.57. The molecule has 0 bridgehead atoms. The zero-order chi connectivity index (χ0) is 18.2. The number of likely N-dealkylation sites (N-methyl/N-ethyl adjacent to an activating group) is 1. The Labute approximate surface area is 161 Å². The van der Waals surface area contributed by atoms with Gasteiger partial charge < -0.3 is 10.2 Å². The molecule has 25 heavy (non-hydrogen) atoms. The topological polar surface area (TPSA) is 49.4 Å². The summed E-state index contributed by atoms with van der Waals surface area (Å²) in [6, 6.07) is 14.4. The van der Waals surface area contributed by atoms with Gasteiger partial charge >= 0.3 is 0 Å². The van der Waals surface area contributed by atoms with Crippen LogP contribution in [0.25, 0.3) is 0 Å². The number of amides is 2. The molecule has 0 fully saturated rings. The Bertz CT molecular complexity index is 738. The van der Waals surface area contributed by atoms with E-state index < -0.39 is 0 Å². The van der Waals surface area contributed by atoms with Crippen molar-refractivity contribution in [2.24, 2.45) is 0 Å². The molecular formula is C18H18Cl2N2O2S. The van der Waals surface area contributed by atoms with Gasteiger partial charge in [0.2, 0.25) is 11.8 Å². The van der Waals surface area contributed by atoms with Gasteiger partial charge in [0.15, 0.2) is 0 Å². The number of hydrogen-bond acceptors (Lipinski definition) is 3. The second kappa shape index (κ2) is 9.70. The van der Waals surface area contributed by atoms with Gasteiger partial charge in [0, 0.05) is 29.1 Å². The second-order valence-electron chi connectivity index (χ2n) is 5.33. The molecule has 0 saturated heterocycles. The van der Waals surface area contributed by atoms with E-state index in [2.05, 4.69) is 5.32 Å². The fourth-order valence-electron chi connectivity index (χ4n) is 2.03. The predicted molar refractivity (Wildman–Crippen MR) is 105 cm³/mol. The van der Waals surface area contributed by atoms with Gasteiger partial charge in [0.25, 0.3) is 0 Å². The highest BCUT2D eigenvalue weighted by molar-refractivity contribution is 7.99. The van der Waals surface area contributed by atoms with Gasteiger partial charge in [0.05, 0.1) is 17.3 Å². The zero-order valence-corrected chi connectivity index (χ0v) is 16.0. The molecule has 2 aromatic carbocycles. The number of rotatable bonds is 7. The van der Waals surface area contributed by atoms with Crippen LogP contribution in [0.4, 0.5) is 5.69 Å². The van der Waals surface area contributed by atoms with Gasteiger partial charge in [-0.25, -0.2) is 0 Å². The van der Waals surface area contributed by atoms with Crippen molar-refractivity contribution in [3.8, 4) is 0 Å². The number of halogens is 2. The van der Waals surface area contributed by atoms with Gasteiger partial charge in [-0.3, -0.25) is 9.59 Å². The highest BCUT2D eigenvalue weighted by atomic mass is 35.5. The van der Waals surface area contributed by atoms with Gasteiger partial charge in [-0.1, -0.05) is 35.3 Å². The van der Waals surface area contributed by atoms with Crippen molar-refractivity contribution in [2.45, 2.75) is 11.3 Å². The molecule has 2 amide bonds. The summed E-state index contributed by atoms with van der Waals surface area (Å²) in [5.41, 5.74) is 0.535. The van der Waals surface area contributed by atoms with Crippen LogP contribution in [0.5, 0.6) is 0 Å². The van der Waals surface area contributed by atoms with E-state index in [0.717, 1.165) is 4.90 Å². The monoisotopic (exact) mass is 396 g/mol. The van der Waals surface area contributed by atoms with Gasteiger partial charge in [-0.15, -0.1) is 11.8 Å². The zero-order valence-electron chi connectivity index (χ0n) is 13.7. The Morgan fingerprint density at radius 3 is 2.44 bits per heavy atom. The van der Waals surface area contributed by atoms with Crippen LogP contribution in [0.2, 0.25) is 10.0 Å². The maximum absolute atomic E-state index is 12.1. The van der Waals surface area contributed by atoms with E-state index in [9.17, 15) is 9.59 Å². The van der Waals surface area contributed by atoms with Crippen LogP contribution in [-0.4, -0.2) is 36.1 Å². The minimum absolute atomic E-state index is 0.0182. The lowest BCUT2D eigenvalue weighted by molar-refractivity contribution is -0.132. The molecule has 1 N–H and O–H groups in total. The number of benzene rings is 2. The van der Waals surface area contributed by atoms with E-state index in [-0.39, 0.29) is 18.4 Å². The SMILES string of the molecule is CN(CC(=O)Nc1ccccc1Cl)C(=O)CCSc1ccc(Cl)cc1. The summed E-state index contributed by atoms with van der Waals surface area (Å²) in [4.78, 5) is 26.6. The Kier molecular flexibility index (Phi) is 7.62. The maximum atomic E-state index is 12.1. The standard InChI is InChI=1S/C18H18Cl2N2O2S/c1-22(12-17(23)21-16-5-3-2-4-15(16)20)18(24)10-11-25-14-8-6-13(19)7-9-14/h2-9H,10-12H2,1H3,(H,21,23). The first-order chi connectivity index (χ1) is 12.0. The highest BCUT2D eigenvalue weighted by Crippen LogP contribution is 2.22. The Morgan fingerprint density at radius 1 is 1.08 bits per heavy atom. The van der Waals surface area contributed by atoms with Crippen LogP contribution in [0.3, 0.4) is 0 Å². The first-order valence-corrected chi connectivity index (χ1v) is 9.36. The van der Waals surface area contributed by atoms with Crippen LogP contribution < -0.4 is 5.32 Å². The lowest BCUT2D eigenvalue weighted by Gasteiger charge is -2.17. The average molecular weight is 397 g/mol. The molecule has 0 heterocycles. The summed E-state index contributed by atoms with van der Waals surface area (Å²) >= 11 is 13.4. The largest absolute Gasteiger partial charge is 0.336 e. The number of nitrogens with zero attached hydrogens (tertiary/aromatic N) is 1. The summed E-state index contributed by atoms with van der Waals surface area (Å²) in [6.07, 6.45) is 0.350. The van der Waals surface area contributed by atoms with Crippen LogP contribution in [-0.2, 0) is 9.59 Å². The third kappa shape index (κ3) is 6.61. The molecule has 2 rings (SSSR count). The summed E-state index contributed by atoms with van der Waals surface area (Å²) < 4.78 is 0. The highest BCUT2D eigenvalue weighted by Gasteiger charge is 2.13. The number of para-hydroxylation sites is 1. The average Bonchev–Trinajstić information content (AvgIpc) is 2.58. The second-order valence-corrected chi connectivity index (χ2v) is 7.34. The number of anilines is 1. The van der Waals surface area contributed by atoms with E-state index in [0.29, 0.717) is 27.9 Å². The van der Waals surface area contributed by atoms with Crippen molar-refractivity contribution in [3.63, 3.8) is 0 Å². The van der Waals surface area contributed by atoms with Crippen molar-refractivity contribution in [3.05, 3.63) is 58.6 Å². The molecule has 0 atom stereocenters. The molecule has 0 aliphatic carbocycles. The summed E-state index contributed by atoms with van der Waals surface area (Å²) in [6.45, 7) is -0.0182. The number of nitrogens with one attached hydrogen (secondary N) is 1. The molecule has 0 aliphatic heterocycles. The molecule has 0 unspecified atom stereocenters. The molecular weight excluding hydrogens is 379 g/mol. The molecule has 0 radical (unpaired) electrons. The van der Waals surface area contributed by atoms with Crippen molar-refractivity contribution in [1.82, 2.24) is 4.90 Å². The fourth-order valence-corrected chi connectivity index (χ4v) is 3.18. The molecule has 0 aromatic heterocycles. The first kappa shape index (κ1) is 19.6. The molecule has 132 valence electrons. The van der Waals surface area contributed by atoms with E-state index in [1.54, 1.807) is 43.1 Å². The number of carbonyl (C=O) groups is 2. The molecule has 7 heteroatoms. The summed E-state index contributed by atoms with van der Waals surface area (Å²) in [5.74, 6) is 0.266. The number of thioether (sulfide) groups is 1. The molecule has 0 spiro atoms. The van der Waals surface area contributed by atoms with Crippen LogP contribution >= 0.6 is 35.0 Å². The minimum atomic E-state index is -0.283. The molecule has 4 nitrogen and oxygen atoms in total. The Hall–Kier alpha value is -1.69. The van der Waals surface area contributed by atoms with E-state index in [1.807, 2.05) is 24.3 Å². The summed E-state index contributed by atoms with van der Waals surface area (Å²) in [5, 5.41) is 3.85. The maximum Gasteiger partial charge on any atom is 0.244 e. The third-order valence-corrected chi connectivity index (χ3v) is 4.95. The van der Waals surface area contributed by atoms with Crippen molar-refractivity contribution >= 4 is 52.5 Å². The van der Waals surface area contributed by atoms with E-state index >= 15 is 0 Å². The number of carbonyl (C=O) groups excluding carboxylic acids is 2. The van der Waals surface area contributed by atoms with Gasteiger partial charge in [0.1, 0.15) is 0 Å². The van der Waals surface area contributed by atoms with Gasteiger partial charge in [-0.05, 0) is 36.4 Å². The van der Waals surface area contributed by atoms with Crippen LogP contribution in [0.1, 0.15) is 6.42 Å². The van der Waals surface area contributed by atoms with E-state index in [4.69, 9.17) is 23.2 Å². The van der Waals surface area contributed by atoms with Crippen molar-refractivity contribution in [2.75, 3.05) is 24.7 Å². The lowest BCUT2D eigenvalue weighted by atomic mass is 10.3. The van der Waals surface area contributed by atoms with Crippen molar-refractivity contribution < 1.29 is 9.59 Å².